The lowest BCUT2D eigenvalue weighted by molar-refractivity contribution is -0.870. The number of hydrogen-bond acceptors (Lipinski definition) is 7. The highest BCUT2D eigenvalue weighted by molar-refractivity contribution is 7.47. The third kappa shape index (κ3) is 40.7. The summed E-state index contributed by atoms with van der Waals surface area (Å²) in [5.41, 5.74) is 0. The van der Waals surface area contributed by atoms with Crippen molar-refractivity contribution in [1.29, 1.82) is 0 Å². The van der Waals surface area contributed by atoms with E-state index in [4.69, 9.17) is 18.5 Å². The molecular formula is C44H89NO8P+. The molecule has 0 radical (unpaired) electrons. The summed E-state index contributed by atoms with van der Waals surface area (Å²) in [7, 11) is 1.49. The molecule has 0 aromatic carbocycles. The number of carbonyl (C=O) groups is 2. The smallest absolute Gasteiger partial charge is 0.462 e. The fourth-order valence-electron chi connectivity index (χ4n) is 6.54. The predicted molar refractivity (Wildman–Crippen MR) is 225 cm³/mol. The summed E-state index contributed by atoms with van der Waals surface area (Å²) in [6.07, 6.45) is 37.3. The lowest BCUT2D eigenvalue weighted by Crippen LogP contribution is -2.37. The minimum atomic E-state index is -4.36. The Bertz CT molecular complexity index is 896. The molecule has 0 saturated carbocycles. The van der Waals surface area contributed by atoms with E-state index in [9.17, 15) is 19.0 Å². The van der Waals surface area contributed by atoms with Crippen LogP contribution < -0.4 is 0 Å². The van der Waals surface area contributed by atoms with Crippen LogP contribution in [0.25, 0.3) is 0 Å². The van der Waals surface area contributed by atoms with Gasteiger partial charge in [0.2, 0.25) is 0 Å². The van der Waals surface area contributed by atoms with Gasteiger partial charge in [-0.25, -0.2) is 4.57 Å². The number of carbonyl (C=O) groups excluding carboxylic acids is 2. The molecule has 0 aliphatic carbocycles. The van der Waals surface area contributed by atoms with Gasteiger partial charge in [-0.15, -0.1) is 0 Å². The molecule has 54 heavy (non-hydrogen) atoms. The van der Waals surface area contributed by atoms with Gasteiger partial charge in [0.1, 0.15) is 19.8 Å². The van der Waals surface area contributed by atoms with Crippen LogP contribution in [0.3, 0.4) is 0 Å². The van der Waals surface area contributed by atoms with E-state index in [0.29, 0.717) is 17.4 Å². The summed E-state index contributed by atoms with van der Waals surface area (Å²) in [5.74, 6) is -0.787. The van der Waals surface area contributed by atoms with Crippen molar-refractivity contribution < 1.29 is 42.1 Å². The summed E-state index contributed by atoms with van der Waals surface area (Å²) < 4.78 is 34.3. The zero-order chi connectivity index (χ0) is 40.0. The summed E-state index contributed by atoms with van der Waals surface area (Å²) >= 11 is 0. The van der Waals surface area contributed by atoms with Crippen molar-refractivity contribution in [1.82, 2.24) is 0 Å². The number of rotatable bonds is 42. The number of nitrogens with zero attached hydrogens (tertiary/aromatic N) is 1. The second-order valence-electron chi connectivity index (χ2n) is 16.8. The molecule has 0 rings (SSSR count). The number of phosphoric ester groups is 1. The van der Waals surface area contributed by atoms with E-state index in [-0.39, 0.29) is 25.6 Å². The third-order valence-corrected chi connectivity index (χ3v) is 11.1. The maximum absolute atomic E-state index is 12.7. The van der Waals surface area contributed by atoms with Crippen molar-refractivity contribution in [3.05, 3.63) is 0 Å². The van der Waals surface area contributed by atoms with Gasteiger partial charge in [-0.2, -0.15) is 0 Å². The van der Waals surface area contributed by atoms with E-state index < -0.39 is 26.5 Å². The second-order valence-corrected chi connectivity index (χ2v) is 18.3. The molecule has 0 fully saturated rings. The van der Waals surface area contributed by atoms with Crippen LogP contribution in [0, 0.1) is 0 Å². The van der Waals surface area contributed by atoms with Crippen LogP contribution >= 0.6 is 7.82 Å². The number of hydrogen-bond donors (Lipinski definition) is 1. The summed E-state index contributed by atoms with van der Waals surface area (Å²) in [5, 5.41) is 0. The Hall–Kier alpha value is -0.990. The number of unbranched alkanes of at least 4 members (excludes halogenated alkanes) is 28. The Kier molecular flexibility index (Phi) is 36.9. The van der Waals surface area contributed by atoms with Crippen LogP contribution in [-0.2, 0) is 32.7 Å². The van der Waals surface area contributed by atoms with E-state index in [1.54, 1.807) is 0 Å². The Morgan fingerprint density at radius 1 is 0.500 bits per heavy atom. The maximum atomic E-state index is 12.7. The molecule has 0 bridgehead atoms. The first-order valence-electron chi connectivity index (χ1n) is 22.8. The summed E-state index contributed by atoms with van der Waals surface area (Å²) in [4.78, 5) is 35.3. The van der Waals surface area contributed by atoms with Crippen LogP contribution in [0.1, 0.15) is 219 Å². The van der Waals surface area contributed by atoms with E-state index in [2.05, 4.69) is 13.8 Å². The number of likely N-dealkylation sites (N-methyl/N-ethyl adjacent to an activating group) is 1. The van der Waals surface area contributed by atoms with E-state index in [0.717, 1.165) is 38.5 Å². The molecule has 322 valence electrons. The minimum Gasteiger partial charge on any atom is -0.462 e. The van der Waals surface area contributed by atoms with Crippen LogP contribution in [0.4, 0.5) is 0 Å². The number of quaternary nitrogens is 1. The van der Waals surface area contributed by atoms with Gasteiger partial charge in [-0.3, -0.25) is 18.6 Å². The van der Waals surface area contributed by atoms with Gasteiger partial charge >= 0.3 is 19.8 Å². The van der Waals surface area contributed by atoms with Crippen LogP contribution in [0.2, 0.25) is 0 Å². The molecule has 1 unspecified atom stereocenters. The van der Waals surface area contributed by atoms with Gasteiger partial charge in [-0.05, 0) is 12.8 Å². The van der Waals surface area contributed by atoms with Gasteiger partial charge in [-0.1, -0.05) is 194 Å². The Balaban J connectivity index is 4.18. The minimum absolute atomic E-state index is 0.0366. The molecule has 0 aromatic rings. The van der Waals surface area contributed by atoms with E-state index in [1.807, 2.05) is 21.1 Å². The van der Waals surface area contributed by atoms with Crippen molar-refractivity contribution in [2.75, 3.05) is 47.5 Å². The fourth-order valence-corrected chi connectivity index (χ4v) is 7.29. The number of esters is 2. The molecule has 9 nitrogen and oxygen atoms in total. The van der Waals surface area contributed by atoms with Gasteiger partial charge in [0.25, 0.3) is 0 Å². The highest BCUT2D eigenvalue weighted by Gasteiger charge is 2.27. The largest absolute Gasteiger partial charge is 0.472 e. The SMILES string of the molecule is CCCCCCCCCCCCCCCCCCCCCCCC(=O)O[C@H](COC(=O)CCCCCCCCCCC)COP(=O)(O)OCC[N+](C)(C)C. The summed E-state index contributed by atoms with van der Waals surface area (Å²) in [6, 6.07) is 0. The van der Waals surface area contributed by atoms with Crippen molar-refractivity contribution in [3.63, 3.8) is 0 Å². The van der Waals surface area contributed by atoms with E-state index in [1.165, 1.54) is 154 Å². The molecule has 0 saturated heterocycles. The zero-order valence-corrected chi connectivity index (χ0v) is 37.1. The van der Waals surface area contributed by atoms with Crippen molar-refractivity contribution >= 4 is 19.8 Å². The lowest BCUT2D eigenvalue weighted by atomic mass is 10.0. The van der Waals surface area contributed by atoms with Crippen LogP contribution in [0.15, 0.2) is 0 Å². The highest BCUT2D eigenvalue weighted by atomic mass is 31.2. The lowest BCUT2D eigenvalue weighted by Gasteiger charge is -2.24. The normalized spacial score (nSPS) is 13.5. The van der Waals surface area contributed by atoms with Gasteiger partial charge in [0.05, 0.1) is 27.7 Å². The quantitative estimate of drug-likeness (QED) is 0.0282. The maximum Gasteiger partial charge on any atom is 0.472 e. The molecule has 0 aromatic heterocycles. The molecule has 2 atom stereocenters. The topological polar surface area (TPSA) is 108 Å². The fraction of sp³-hybridized carbons (Fsp3) is 0.955. The Labute approximate surface area is 334 Å². The van der Waals surface area contributed by atoms with E-state index >= 15 is 0 Å². The molecule has 0 spiro atoms. The van der Waals surface area contributed by atoms with Crippen LogP contribution in [0.5, 0.6) is 0 Å². The number of ether oxygens (including phenoxy) is 2. The van der Waals surface area contributed by atoms with Crippen molar-refractivity contribution in [2.45, 2.75) is 225 Å². The van der Waals surface area contributed by atoms with Crippen LogP contribution in [-0.4, -0.2) is 74.9 Å². The molecule has 0 aliphatic rings. The molecule has 0 aliphatic heterocycles. The van der Waals surface area contributed by atoms with Crippen molar-refractivity contribution in [2.24, 2.45) is 0 Å². The molecule has 0 heterocycles. The Morgan fingerprint density at radius 3 is 1.19 bits per heavy atom. The molecular weight excluding hydrogens is 701 g/mol. The average Bonchev–Trinajstić information content (AvgIpc) is 3.12. The molecule has 10 heteroatoms. The average molecular weight is 791 g/mol. The number of phosphoric acid groups is 1. The highest BCUT2D eigenvalue weighted by Crippen LogP contribution is 2.43. The third-order valence-electron chi connectivity index (χ3n) is 10.1. The second kappa shape index (κ2) is 37.6. The first-order valence-corrected chi connectivity index (χ1v) is 24.3. The zero-order valence-electron chi connectivity index (χ0n) is 36.2. The molecule has 0 amide bonds. The standard InChI is InChI=1S/C44H88NO8P/c1-6-8-10-12-14-16-17-18-19-20-21-22-23-24-25-26-27-29-31-33-35-37-44(47)53-42(41-52-54(48,49)51-39-38-45(3,4)5)40-50-43(46)36-34-32-30-28-15-13-11-9-7-2/h42H,6-41H2,1-5H3/p+1/t42-/m1/s1. The van der Waals surface area contributed by atoms with Gasteiger partial charge in [0, 0.05) is 12.8 Å². The van der Waals surface area contributed by atoms with Gasteiger partial charge < -0.3 is 18.9 Å². The predicted octanol–water partition coefficient (Wildman–Crippen LogP) is 12.8. The first kappa shape index (κ1) is 53.0. The molecule has 1 N–H and O–H groups in total. The Morgan fingerprint density at radius 2 is 0.833 bits per heavy atom. The monoisotopic (exact) mass is 791 g/mol. The first-order chi connectivity index (χ1) is 26.0. The van der Waals surface area contributed by atoms with Crippen molar-refractivity contribution in [3.8, 4) is 0 Å². The summed E-state index contributed by atoms with van der Waals surface area (Å²) in [6.45, 7) is 4.44. The van der Waals surface area contributed by atoms with Gasteiger partial charge in [0.15, 0.2) is 6.10 Å².